The number of hydrogen-bond donors (Lipinski definition) is 2. The molecule has 0 aromatic carbocycles. The van der Waals surface area contributed by atoms with Gasteiger partial charge in [0.25, 0.3) is 0 Å². The highest BCUT2D eigenvalue weighted by Gasteiger charge is 2.20. The molecule has 6 heteroatoms. The van der Waals surface area contributed by atoms with Crippen molar-refractivity contribution in [3.8, 4) is 11.3 Å². The van der Waals surface area contributed by atoms with Crippen LogP contribution in [0.2, 0.25) is 0 Å². The van der Waals surface area contributed by atoms with Crippen molar-refractivity contribution in [3.63, 3.8) is 0 Å². The largest absolute Gasteiger partial charge is 0.382 e. The minimum absolute atomic E-state index is 0.568. The molecule has 2 heterocycles. The fourth-order valence-electron chi connectivity index (χ4n) is 2.60. The topological polar surface area (TPSA) is 63.8 Å². The molecule has 21 heavy (non-hydrogen) atoms. The third-order valence-electron chi connectivity index (χ3n) is 3.80. The maximum Gasteiger partial charge on any atom is 0.148 e. The number of aromatic nitrogens is 2. The van der Waals surface area contributed by atoms with Crippen LogP contribution in [0.1, 0.15) is 32.7 Å². The molecule has 0 saturated carbocycles. The van der Waals surface area contributed by atoms with Crippen LogP contribution in [0.25, 0.3) is 11.3 Å². The predicted octanol–water partition coefficient (Wildman–Crippen LogP) is 4.50. The van der Waals surface area contributed by atoms with Crippen molar-refractivity contribution in [2.75, 3.05) is 17.6 Å². The van der Waals surface area contributed by atoms with Crippen LogP contribution in [-0.2, 0) is 0 Å². The number of nitrogens with one attached hydrogen (secondary N) is 1. The van der Waals surface area contributed by atoms with Crippen LogP contribution in [0.4, 0.5) is 10.8 Å². The molecule has 0 amide bonds. The Balaban J connectivity index is 2.18. The summed E-state index contributed by atoms with van der Waals surface area (Å²) in [4.78, 5) is 4.54. The smallest absolute Gasteiger partial charge is 0.148 e. The molecule has 3 N–H and O–H groups in total. The van der Waals surface area contributed by atoms with Gasteiger partial charge in [-0.2, -0.15) is 4.37 Å². The molecule has 0 unspecified atom stereocenters. The van der Waals surface area contributed by atoms with Gasteiger partial charge in [0.15, 0.2) is 0 Å². The lowest BCUT2D eigenvalue weighted by molar-refractivity contribution is 0.304. The van der Waals surface area contributed by atoms with E-state index in [1.807, 2.05) is 12.3 Å². The number of rotatable bonds is 6. The summed E-state index contributed by atoms with van der Waals surface area (Å²) in [5, 5.41) is 7.67. The normalized spacial score (nSPS) is 11.8. The van der Waals surface area contributed by atoms with Gasteiger partial charge in [-0.15, -0.1) is 11.3 Å². The van der Waals surface area contributed by atoms with E-state index in [4.69, 9.17) is 5.73 Å². The Morgan fingerprint density at radius 2 is 1.90 bits per heavy atom. The van der Waals surface area contributed by atoms with Crippen molar-refractivity contribution in [3.05, 3.63) is 10.4 Å². The van der Waals surface area contributed by atoms with Crippen LogP contribution in [0.15, 0.2) is 5.38 Å². The Morgan fingerprint density at radius 3 is 2.43 bits per heavy atom. The van der Waals surface area contributed by atoms with Gasteiger partial charge in [0, 0.05) is 11.9 Å². The molecular weight excluding hydrogens is 300 g/mol. The average Bonchev–Trinajstić information content (AvgIpc) is 2.95. The van der Waals surface area contributed by atoms with Crippen molar-refractivity contribution in [1.82, 2.24) is 9.36 Å². The monoisotopic (exact) mass is 324 g/mol. The SMILES string of the molecule is Cc1nc(-c2c(N)nsc2NCC(C(C)C)C(C)C)cs1. The first-order valence-electron chi connectivity index (χ1n) is 7.31. The van der Waals surface area contributed by atoms with Crippen LogP contribution < -0.4 is 11.1 Å². The third kappa shape index (κ3) is 3.74. The van der Waals surface area contributed by atoms with E-state index in [2.05, 4.69) is 42.4 Å². The molecule has 2 rings (SSSR count). The number of thiazole rings is 1. The van der Waals surface area contributed by atoms with E-state index < -0.39 is 0 Å². The van der Waals surface area contributed by atoms with Crippen molar-refractivity contribution >= 4 is 33.7 Å². The molecule has 0 atom stereocenters. The molecule has 0 saturated heterocycles. The summed E-state index contributed by atoms with van der Waals surface area (Å²) in [6, 6.07) is 0. The van der Waals surface area contributed by atoms with E-state index >= 15 is 0 Å². The van der Waals surface area contributed by atoms with Crippen LogP contribution in [0.5, 0.6) is 0 Å². The first kappa shape index (κ1) is 16.2. The highest BCUT2D eigenvalue weighted by molar-refractivity contribution is 7.11. The van der Waals surface area contributed by atoms with Gasteiger partial charge in [-0.25, -0.2) is 4.98 Å². The molecule has 0 bridgehead atoms. The Morgan fingerprint density at radius 1 is 1.24 bits per heavy atom. The predicted molar refractivity (Wildman–Crippen MR) is 94.0 cm³/mol. The van der Waals surface area contributed by atoms with Gasteiger partial charge in [-0.05, 0) is 36.2 Å². The number of nitrogen functional groups attached to an aromatic ring is 1. The Hall–Kier alpha value is -1.14. The van der Waals surface area contributed by atoms with Gasteiger partial charge < -0.3 is 11.1 Å². The highest BCUT2D eigenvalue weighted by atomic mass is 32.1. The van der Waals surface area contributed by atoms with Crippen molar-refractivity contribution in [1.29, 1.82) is 0 Å². The summed E-state index contributed by atoms with van der Waals surface area (Å²) >= 11 is 3.06. The number of nitrogens with two attached hydrogens (primary N) is 1. The van der Waals surface area contributed by atoms with Gasteiger partial charge in [-0.1, -0.05) is 27.7 Å². The second-order valence-corrected chi connectivity index (χ2v) is 7.89. The van der Waals surface area contributed by atoms with Gasteiger partial charge in [0.2, 0.25) is 0 Å². The van der Waals surface area contributed by atoms with E-state index in [9.17, 15) is 0 Å². The van der Waals surface area contributed by atoms with Crippen molar-refractivity contribution in [2.24, 2.45) is 17.8 Å². The molecule has 0 fully saturated rings. The molecule has 0 aliphatic rings. The van der Waals surface area contributed by atoms with Crippen LogP contribution in [-0.4, -0.2) is 15.9 Å². The molecule has 0 spiro atoms. The maximum atomic E-state index is 6.03. The number of anilines is 2. The van der Waals surface area contributed by atoms with Gasteiger partial charge >= 0.3 is 0 Å². The summed E-state index contributed by atoms with van der Waals surface area (Å²) in [6.07, 6.45) is 0. The molecule has 4 nitrogen and oxygen atoms in total. The zero-order chi connectivity index (χ0) is 15.6. The quantitative estimate of drug-likeness (QED) is 0.821. The van der Waals surface area contributed by atoms with E-state index in [0.29, 0.717) is 23.6 Å². The lowest BCUT2D eigenvalue weighted by atomic mass is 9.85. The van der Waals surface area contributed by atoms with Gasteiger partial charge in [0.1, 0.15) is 10.8 Å². The van der Waals surface area contributed by atoms with E-state index in [1.54, 1.807) is 11.3 Å². The van der Waals surface area contributed by atoms with Crippen molar-refractivity contribution < 1.29 is 0 Å². The molecule has 2 aromatic heterocycles. The van der Waals surface area contributed by atoms with Crippen molar-refractivity contribution in [2.45, 2.75) is 34.6 Å². The Kier molecular flexibility index (Phi) is 5.22. The molecule has 2 aromatic rings. The fourth-order valence-corrected chi connectivity index (χ4v) is 3.93. The molecule has 0 aliphatic heterocycles. The zero-order valence-corrected chi connectivity index (χ0v) is 14.9. The van der Waals surface area contributed by atoms with E-state index in [0.717, 1.165) is 27.8 Å². The second kappa shape index (κ2) is 6.75. The molecule has 116 valence electrons. The van der Waals surface area contributed by atoms with E-state index in [-0.39, 0.29) is 0 Å². The first-order valence-corrected chi connectivity index (χ1v) is 8.97. The van der Waals surface area contributed by atoms with Gasteiger partial charge in [-0.3, -0.25) is 0 Å². The minimum Gasteiger partial charge on any atom is -0.382 e. The summed E-state index contributed by atoms with van der Waals surface area (Å²) in [7, 11) is 0. The molecular formula is C15H24N4S2. The summed E-state index contributed by atoms with van der Waals surface area (Å²) in [6.45, 7) is 12.0. The summed E-state index contributed by atoms with van der Waals surface area (Å²) < 4.78 is 4.29. The second-order valence-electron chi connectivity index (χ2n) is 6.06. The Labute approximate surface area is 135 Å². The number of aryl methyl sites for hydroxylation is 1. The average molecular weight is 325 g/mol. The standard InChI is InChI=1S/C15H24N4S2/c1-8(2)11(9(3)4)6-17-15-13(14(16)19-21-15)12-7-20-10(5)18-12/h7-9,11,17H,6H2,1-5H3,(H2,16,19). The van der Waals surface area contributed by atoms with Crippen LogP contribution in [0, 0.1) is 24.7 Å². The molecule has 0 aliphatic carbocycles. The zero-order valence-electron chi connectivity index (χ0n) is 13.3. The number of hydrogen-bond acceptors (Lipinski definition) is 6. The van der Waals surface area contributed by atoms with Crippen LogP contribution >= 0.6 is 22.9 Å². The Bertz CT molecular complexity index is 578. The van der Waals surface area contributed by atoms with Gasteiger partial charge in [0.05, 0.1) is 16.3 Å². The third-order valence-corrected chi connectivity index (χ3v) is 5.40. The molecule has 0 radical (unpaired) electrons. The van der Waals surface area contributed by atoms with E-state index in [1.165, 1.54) is 11.5 Å². The lowest BCUT2D eigenvalue weighted by Gasteiger charge is -2.25. The minimum atomic E-state index is 0.568. The highest BCUT2D eigenvalue weighted by Crippen LogP contribution is 2.37. The fraction of sp³-hybridized carbons (Fsp3) is 0.600. The number of nitrogens with zero attached hydrogens (tertiary/aromatic N) is 2. The van der Waals surface area contributed by atoms with Crippen LogP contribution in [0.3, 0.4) is 0 Å². The summed E-state index contributed by atoms with van der Waals surface area (Å²) in [5.74, 6) is 2.48. The first-order chi connectivity index (χ1) is 9.90. The maximum absolute atomic E-state index is 6.03. The lowest BCUT2D eigenvalue weighted by Crippen LogP contribution is -2.24. The summed E-state index contributed by atoms with van der Waals surface area (Å²) in [5.41, 5.74) is 7.91.